The standard InChI is InChI=1S/C16H24N2OS2/c1-4-12-15(19)18(10-16(3)8-5-9-20-16)14(17-12)13-7-6-11(2)21-13/h6-7,12,14,17H,4-5,8-10H2,1-3H3. The lowest BCUT2D eigenvalue weighted by atomic mass is 10.0. The Hall–Kier alpha value is -0.520. The summed E-state index contributed by atoms with van der Waals surface area (Å²) in [5.41, 5.74) is 0. The van der Waals surface area contributed by atoms with E-state index in [4.69, 9.17) is 0 Å². The molecule has 1 amide bonds. The summed E-state index contributed by atoms with van der Waals surface area (Å²) < 4.78 is 0.227. The van der Waals surface area contributed by atoms with Crippen LogP contribution in [0.15, 0.2) is 12.1 Å². The first-order valence-electron chi connectivity index (χ1n) is 7.79. The third-order valence-electron chi connectivity index (χ3n) is 4.50. The van der Waals surface area contributed by atoms with Gasteiger partial charge in [-0.15, -0.1) is 11.3 Å². The van der Waals surface area contributed by atoms with Crippen LogP contribution >= 0.6 is 23.1 Å². The van der Waals surface area contributed by atoms with Crippen LogP contribution in [-0.2, 0) is 4.79 Å². The van der Waals surface area contributed by atoms with Gasteiger partial charge in [0.25, 0.3) is 0 Å². The molecule has 0 saturated carbocycles. The summed E-state index contributed by atoms with van der Waals surface area (Å²) in [5, 5.41) is 3.54. The number of nitrogens with zero attached hydrogens (tertiary/aromatic N) is 1. The van der Waals surface area contributed by atoms with E-state index in [0.717, 1.165) is 13.0 Å². The summed E-state index contributed by atoms with van der Waals surface area (Å²) in [6.45, 7) is 7.39. The number of amides is 1. The maximum absolute atomic E-state index is 12.7. The largest absolute Gasteiger partial charge is 0.319 e. The van der Waals surface area contributed by atoms with Crippen LogP contribution in [0, 0.1) is 6.92 Å². The van der Waals surface area contributed by atoms with Crippen molar-refractivity contribution in [2.75, 3.05) is 12.3 Å². The number of aryl methyl sites for hydroxylation is 1. The van der Waals surface area contributed by atoms with E-state index in [9.17, 15) is 4.79 Å². The monoisotopic (exact) mass is 324 g/mol. The van der Waals surface area contributed by atoms with Crippen LogP contribution in [0.3, 0.4) is 0 Å². The van der Waals surface area contributed by atoms with Crippen molar-refractivity contribution in [3.8, 4) is 0 Å². The van der Waals surface area contributed by atoms with Crippen molar-refractivity contribution in [3.63, 3.8) is 0 Å². The van der Waals surface area contributed by atoms with Gasteiger partial charge in [0.2, 0.25) is 5.91 Å². The molecule has 3 heterocycles. The molecule has 2 aliphatic heterocycles. The summed E-state index contributed by atoms with van der Waals surface area (Å²) in [4.78, 5) is 17.4. The SMILES string of the molecule is CCC1NC(c2ccc(C)s2)N(CC2(C)CCCS2)C1=O. The van der Waals surface area contributed by atoms with Gasteiger partial charge in [0, 0.05) is 21.0 Å². The molecule has 3 nitrogen and oxygen atoms in total. The van der Waals surface area contributed by atoms with E-state index in [1.165, 1.54) is 28.3 Å². The molecule has 21 heavy (non-hydrogen) atoms. The van der Waals surface area contributed by atoms with Gasteiger partial charge in [-0.05, 0) is 51.0 Å². The fraction of sp³-hybridized carbons (Fsp3) is 0.688. The van der Waals surface area contributed by atoms with Crippen molar-refractivity contribution in [3.05, 3.63) is 21.9 Å². The fourth-order valence-electron chi connectivity index (χ4n) is 3.30. The lowest BCUT2D eigenvalue weighted by Crippen LogP contribution is -2.40. The van der Waals surface area contributed by atoms with Gasteiger partial charge < -0.3 is 4.90 Å². The maximum atomic E-state index is 12.7. The van der Waals surface area contributed by atoms with Crippen LogP contribution in [0.2, 0.25) is 0 Å². The zero-order valence-corrected chi connectivity index (χ0v) is 14.6. The number of nitrogens with one attached hydrogen (secondary N) is 1. The number of carbonyl (C=O) groups is 1. The van der Waals surface area contributed by atoms with E-state index in [1.807, 2.05) is 11.8 Å². The molecule has 1 N–H and O–H groups in total. The second-order valence-electron chi connectivity index (χ2n) is 6.35. The molecule has 5 heteroatoms. The van der Waals surface area contributed by atoms with Gasteiger partial charge in [0.1, 0.15) is 6.17 Å². The summed E-state index contributed by atoms with van der Waals surface area (Å²) >= 11 is 3.82. The minimum atomic E-state index is -0.0209. The molecule has 0 aliphatic carbocycles. The fourth-order valence-corrected chi connectivity index (χ4v) is 5.55. The predicted octanol–water partition coefficient (Wildman–Crippen LogP) is 3.55. The molecule has 1 aromatic heterocycles. The van der Waals surface area contributed by atoms with E-state index in [2.05, 4.69) is 43.1 Å². The second-order valence-corrected chi connectivity index (χ2v) is 9.35. The molecule has 0 aromatic carbocycles. The van der Waals surface area contributed by atoms with Crippen molar-refractivity contribution in [2.45, 2.75) is 57.0 Å². The molecule has 0 radical (unpaired) electrons. The van der Waals surface area contributed by atoms with Crippen LogP contribution < -0.4 is 5.32 Å². The molecule has 3 unspecified atom stereocenters. The number of hydrogen-bond acceptors (Lipinski definition) is 4. The van der Waals surface area contributed by atoms with Crippen molar-refractivity contribution < 1.29 is 4.79 Å². The quantitative estimate of drug-likeness (QED) is 0.919. The Bertz CT molecular complexity index is 522. The number of rotatable bonds is 4. The van der Waals surface area contributed by atoms with E-state index in [-0.39, 0.29) is 22.9 Å². The number of thiophene rings is 1. The number of thioether (sulfide) groups is 1. The summed E-state index contributed by atoms with van der Waals surface area (Å²) in [6, 6.07) is 4.29. The van der Waals surface area contributed by atoms with Crippen LogP contribution in [-0.4, -0.2) is 33.9 Å². The van der Waals surface area contributed by atoms with Crippen molar-refractivity contribution in [2.24, 2.45) is 0 Å². The summed E-state index contributed by atoms with van der Waals surface area (Å²) in [5.74, 6) is 1.51. The highest BCUT2D eigenvalue weighted by atomic mass is 32.2. The average Bonchev–Trinajstić information content (AvgIpc) is 3.13. The predicted molar refractivity (Wildman–Crippen MR) is 90.8 cm³/mol. The Morgan fingerprint density at radius 2 is 2.29 bits per heavy atom. The van der Waals surface area contributed by atoms with E-state index >= 15 is 0 Å². The molecule has 116 valence electrons. The van der Waals surface area contributed by atoms with Gasteiger partial charge >= 0.3 is 0 Å². The maximum Gasteiger partial charge on any atom is 0.241 e. The molecule has 3 rings (SSSR count). The lowest BCUT2D eigenvalue weighted by molar-refractivity contribution is -0.130. The van der Waals surface area contributed by atoms with Crippen LogP contribution in [0.4, 0.5) is 0 Å². The third-order valence-corrected chi connectivity index (χ3v) is 7.07. The molecule has 3 atom stereocenters. The molecule has 2 fully saturated rings. The van der Waals surface area contributed by atoms with Crippen LogP contribution in [0.5, 0.6) is 0 Å². The number of carbonyl (C=O) groups excluding carboxylic acids is 1. The molecular formula is C16H24N2OS2. The summed E-state index contributed by atoms with van der Waals surface area (Å²) in [7, 11) is 0. The Labute approximate surface area is 135 Å². The van der Waals surface area contributed by atoms with E-state index in [1.54, 1.807) is 11.3 Å². The van der Waals surface area contributed by atoms with Crippen LogP contribution in [0.25, 0.3) is 0 Å². The van der Waals surface area contributed by atoms with Gasteiger partial charge in [-0.3, -0.25) is 10.1 Å². The summed E-state index contributed by atoms with van der Waals surface area (Å²) in [6.07, 6.45) is 3.42. The first-order valence-corrected chi connectivity index (χ1v) is 9.59. The Kier molecular flexibility index (Phi) is 4.35. The van der Waals surface area contributed by atoms with Gasteiger partial charge in [0.15, 0.2) is 0 Å². The van der Waals surface area contributed by atoms with Gasteiger partial charge in [-0.25, -0.2) is 0 Å². The second kappa shape index (κ2) is 5.94. The van der Waals surface area contributed by atoms with E-state index < -0.39 is 0 Å². The third kappa shape index (κ3) is 3.01. The smallest absolute Gasteiger partial charge is 0.241 e. The highest BCUT2D eigenvalue weighted by Crippen LogP contribution is 2.41. The molecule has 0 bridgehead atoms. The first kappa shape index (κ1) is 15.4. The zero-order chi connectivity index (χ0) is 15.0. The lowest BCUT2D eigenvalue weighted by Gasteiger charge is -2.32. The normalized spacial score (nSPS) is 33.1. The van der Waals surface area contributed by atoms with Gasteiger partial charge in [-0.1, -0.05) is 6.92 Å². The van der Waals surface area contributed by atoms with Crippen LogP contribution in [0.1, 0.15) is 49.0 Å². The first-order chi connectivity index (χ1) is 10.0. The topological polar surface area (TPSA) is 32.3 Å². The zero-order valence-electron chi connectivity index (χ0n) is 13.0. The van der Waals surface area contributed by atoms with Gasteiger partial charge in [-0.2, -0.15) is 11.8 Å². The number of hydrogen-bond donors (Lipinski definition) is 1. The minimum absolute atomic E-state index is 0.0209. The molecule has 1 aromatic rings. The Morgan fingerprint density at radius 1 is 1.48 bits per heavy atom. The average molecular weight is 325 g/mol. The highest BCUT2D eigenvalue weighted by Gasteiger charge is 2.43. The van der Waals surface area contributed by atoms with Crippen molar-refractivity contribution >= 4 is 29.0 Å². The molecule has 2 aliphatic rings. The molecule has 2 saturated heterocycles. The van der Waals surface area contributed by atoms with Crippen molar-refractivity contribution in [1.29, 1.82) is 0 Å². The minimum Gasteiger partial charge on any atom is -0.319 e. The van der Waals surface area contributed by atoms with Crippen molar-refractivity contribution in [1.82, 2.24) is 10.2 Å². The van der Waals surface area contributed by atoms with E-state index in [0.29, 0.717) is 0 Å². The van der Waals surface area contributed by atoms with Gasteiger partial charge in [0.05, 0.1) is 6.04 Å². The Morgan fingerprint density at radius 3 is 2.86 bits per heavy atom. The molecular weight excluding hydrogens is 300 g/mol. The Balaban J connectivity index is 1.84. The molecule has 0 spiro atoms. The highest BCUT2D eigenvalue weighted by molar-refractivity contribution is 8.00.